The lowest BCUT2D eigenvalue weighted by molar-refractivity contribution is -0.137. The topological polar surface area (TPSA) is 69.6 Å². The van der Waals surface area contributed by atoms with Gasteiger partial charge in [-0.25, -0.2) is 4.79 Å². The van der Waals surface area contributed by atoms with Gasteiger partial charge < -0.3 is 15.3 Å². The highest BCUT2D eigenvalue weighted by Crippen LogP contribution is 2.31. The minimum atomic E-state index is -0.805. The smallest absolute Gasteiger partial charge is 0.317 e. The number of hydrogen-bond donors (Lipinski definition) is 2. The second kappa shape index (κ2) is 8.25. The standard InChI is InChI=1S/C16H28N2O3/c19-15(20)9-4-10-17-16(21)18-11-5-8-14(18)12-13-6-2-1-3-7-13/h13-14H,1-12H2,(H,17,21)(H,19,20). The number of likely N-dealkylation sites (tertiary alicyclic amines) is 1. The molecule has 5 nitrogen and oxygen atoms in total. The summed E-state index contributed by atoms with van der Waals surface area (Å²) in [7, 11) is 0. The van der Waals surface area contributed by atoms with E-state index in [9.17, 15) is 9.59 Å². The van der Waals surface area contributed by atoms with E-state index in [0.29, 0.717) is 19.0 Å². The molecule has 2 fully saturated rings. The van der Waals surface area contributed by atoms with Crippen molar-refractivity contribution in [2.24, 2.45) is 5.92 Å². The van der Waals surface area contributed by atoms with E-state index in [-0.39, 0.29) is 12.5 Å². The van der Waals surface area contributed by atoms with Gasteiger partial charge in [-0.05, 0) is 31.6 Å². The van der Waals surface area contributed by atoms with Crippen molar-refractivity contribution in [1.82, 2.24) is 10.2 Å². The number of nitrogens with one attached hydrogen (secondary N) is 1. The Bertz CT molecular complexity index is 353. The first-order valence-corrected chi connectivity index (χ1v) is 8.43. The fourth-order valence-corrected chi connectivity index (χ4v) is 3.69. The summed E-state index contributed by atoms with van der Waals surface area (Å²) in [4.78, 5) is 24.6. The van der Waals surface area contributed by atoms with Crippen LogP contribution in [0, 0.1) is 5.92 Å². The molecule has 1 unspecified atom stereocenters. The zero-order chi connectivity index (χ0) is 15.1. The van der Waals surface area contributed by atoms with Crippen LogP contribution in [-0.4, -0.2) is 41.1 Å². The minimum Gasteiger partial charge on any atom is -0.481 e. The molecular formula is C16H28N2O3. The van der Waals surface area contributed by atoms with Crippen molar-refractivity contribution in [3.05, 3.63) is 0 Å². The maximum absolute atomic E-state index is 12.2. The molecule has 1 saturated carbocycles. The van der Waals surface area contributed by atoms with Crippen molar-refractivity contribution in [2.75, 3.05) is 13.1 Å². The third-order valence-corrected chi connectivity index (χ3v) is 4.81. The van der Waals surface area contributed by atoms with Crippen LogP contribution in [-0.2, 0) is 4.79 Å². The molecule has 2 rings (SSSR count). The molecule has 0 radical (unpaired) electrons. The van der Waals surface area contributed by atoms with Crippen molar-refractivity contribution in [2.45, 2.75) is 70.3 Å². The van der Waals surface area contributed by atoms with Gasteiger partial charge in [-0.15, -0.1) is 0 Å². The quantitative estimate of drug-likeness (QED) is 0.740. The molecule has 0 spiro atoms. The average Bonchev–Trinajstić information content (AvgIpc) is 2.92. The molecular weight excluding hydrogens is 268 g/mol. The molecule has 1 saturated heterocycles. The van der Waals surface area contributed by atoms with Crippen LogP contribution in [0.15, 0.2) is 0 Å². The van der Waals surface area contributed by atoms with Gasteiger partial charge in [0.15, 0.2) is 0 Å². The molecule has 0 bridgehead atoms. The number of hydrogen-bond acceptors (Lipinski definition) is 2. The van der Waals surface area contributed by atoms with E-state index in [1.807, 2.05) is 4.90 Å². The summed E-state index contributed by atoms with van der Waals surface area (Å²) in [5, 5.41) is 11.5. The normalized spacial score (nSPS) is 23.2. The Morgan fingerprint density at radius 2 is 1.86 bits per heavy atom. The first-order valence-electron chi connectivity index (χ1n) is 8.43. The van der Waals surface area contributed by atoms with Crippen molar-refractivity contribution < 1.29 is 14.7 Å². The van der Waals surface area contributed by atoms with Crippen LogP contribution in [0.2, 0.25) is 0 Å². The van der Waals surface area contributed by atoms with Gasteiger partial charge in [0, 0.05) is 25.6 Å². The van der Waals surface area contributed by atoms with Gasteiger partial charge in [0.05, 0.1) is 0 Å². The Kier molecular flexibility index (Phi) is 6.33. The molecule has 1 aliphatic heterocycles. The summed E-state index contributed by atoms with van der Waals surface area (Å²) >= 11 is 0. The maximum atomic E-state index is 12.2. The Morgan fingerprint density at radius 1 is 1.10 bits per heavy atom. The van der Waals surface area contributed by atoms with Gasteiger partial charge >= 0.3 is 12.0 Å². The molecule has 5 heteroatoms. The Hall–Kier alpha value is -1.26. The van der Waals surface area contributed by atoms with Gasteiger partial charge in [-0.2, -0.15) is 0 Å². The Balaban J connectivity index is 1.72. The van der Waals surface area contributed by atoms with Gasteiger partial charge in [0.25, 0.3) is 0 Å². The van der Waals surface area contributed by atoms with Crippen molar-refractivity contribution in [1.29, 1.82) is 0 Å². The number of carboxylic acids is 1. The van der Waals surface area contributed by atoms with Crippen LogP contribution in [0.25, 0.3) is 0 Å². The molecule has 1 atom stereocenters. The average molecular weight is 296 g/mol. The summed E-state index contributed by atoms with van der Waals surface area (Å²) in [5.74, 6) is -0.00948. The molecule has 1 heterocycles. The molecule has 2 amide bonds. The molecule has 120 valence electrons. The van der Waals surface area contributed by atoms with E-state index in [1.54, 1.807) is 0 Å². The fourth-order valence-electron chi connectivity index (χ4n) is 3.69. The van der Waals surface area contributed by atoms with E-state index < -0.39 is 5.97 Å². The molecule has 2 N–H and O–H groups in total. The van der Waals surface area contributed by atoms with Gasteiger partial charge in [-0.1, -0.05) is 32.1 Å². The third kappa shape index (κ3) is 5.21. The molecule has 1 aliphatic carbocycles. The zero-order valence-electron chi connectivity index (χ0n) is 12.9. The van der Waals surface area contributed by atoms with E-state index >= 15 is 0 Å². The minimum absolute atomic E-state index is 0.00121. The highest BCUT2D eigenvalue weighted by Gasteiger charge is 2.30. The number of nitrogens with zero attached hydrogens (tertiary/aromatic N) is 1. The first kappa shape index (κ1) is 16.1. The van der Waals surface area contributed by atoms with E-state index in [0.717, 1.165) is 31.7 Å². The van der Waals surface area contributed by atoms with Crippen LogP contribution in [0.4, 0.5) is 4.79 Å². The molecule has 21 heavy (non-hydrogen) atoms. The predicted octanol–water partition coefficient (Wildman–Crippen LogP) is 3.00. The lowest BCUT2D eigenvalue weighted by Crippen LogP contribution is -2.43. The first-order chi connectivity index (χ1) is 10.2. The summed E-state index contributed by atoms with van der Waals surface area (Å²) in [5.41, 5.74) is 0. The van der Waals surface area contributed by atoms with Gasteiger partial charge in [-0.3, -0.25) is 4.79 Å². The zero-order valence-corrected chi connectivity index (χ0v) is 12.9. The Morgan fingerprint density at radius 3 is 2.57 bits per heavy atom. The molecule has 0 aromatic heterocycles. The number of rotatable bonds is 6. The number of carbonyl (C=O) groups is 2. The van der Waals surface area contributed by atoms with E-state index in [1.165, 1.54) is 32.1 Å². The summed E-state index contributed by atoms with van der Waals surface area (Å²) in [6.45, 7) is 1.31. The van der Waals surface area contributed by atoms with Crippen LogP contribution in [0.1, 0.15) is 64.2 Å². The highest BCUT2D eigenvalue weighted by atomic mass is 16.4. The van der Waals surface area contributed by atoms with Crippen molar-refractivity contribution >= 4 is 12.0 Å². The summed E-state index contributed by atoms with van der Waals surface area (Å²) in [6.07, 6.45) is 10.7. The number of aliphatic carboxylic acids is 1. The van der Waals surface area contributed by atoms with Crippen LogP contribution < -0.4 is 5.32 Å². The number of carbonyl (C=O) groups excluding carboxylic acids is 1. The van der Waals surface area contributed by atoms with Crippen molar-refractivity contribution in [3.63, 3.8) is 0 Å². The van der Waals surface area contributed by atoms with Crippen molar-refractivity contribution in [3.8, 4) is 0 Å². The summed E-state index contributed by atoms with van der Waals surface area (Å²) < 4.78 is 0. The summed E-state index contributed by atoms with van der Waals surface area (Å²) in [6, 6.07) is 0.395. The molecule has 0 aromatic rings. The number of amides is 2. The second-order valence-corrected chi connectivity index (χ2v) is 6.46. The third-order valence-electron chi connectivity index (χ3n) is 4.81. The SMILES string of the molecule is O=C(O)CCCNC(=O)N1CCCC1CC1CCCCC1. The largest absolute Gasteiger partial charge is 0.481 e. The molecule has 0 aromatic carbocycles. The highest BCUT2D eigenvalue weighted by molar-refractivity contribution is 5.75. The van der Waals surface area contributed by atoms with Gasteiger partial charge in [0.1, 0.15) is 0 Å². The Labute approximate surface area is 127 Å². The lowest BCUT2D eigenvalue weighted by atomic mass is 9.84. The van der Waals surface area contributed by atoms with Crippen LogP contribution in [0.3, 0.4) is 0 Å². The lowest BCUT2D eigenvalue weighted by Gasteiger charge is -2.30. The molecule has 2 aliphatic rings. The van der Waals surface area contributed by atoms with E-state index in [4.69, 9.17) is 5.11 Å². The maximum Gasteiger partial charge on any atom is 0.317 e. The van der Waals surface area contributed by atoms with Crippen LogP contribution >= 0.6 is 0 Å². The monoisotopic (exact) mass is 296 g/mol. The number of urea groups is 1. The van der Waals surface area contributed by atoms with Crippen LogP contribution in [0.5, 0.6) is 0 Å². The fraction of sp³-hybridized carbons (Fsp3) is 0.875. The second-order valence-electron chi connectivity index (χ2n) is 6.46. The predicted molar refractivity (Wildman–Crippen MR) is 81.2 cm³/mol. The number of carboxylic acid groups (broad SMARTS) is 1. The van der Waals surface area contributed by atoms with Gasteiger partial charge in [0.2, 0.25) is 0 Å². The van der Waals surface area contributed by atoms with E-state index in [2.05, 4.69) is 5.32 Å².